The minimum absolute atomic E-state index is 0.106. The first-order valence-corrected chi connectivity index (χ1v) is 8.48. The van der Waals surface area contributed by atoms with Crippen LogP contribution in [0.25, 0.3) is 5.00 Å². The van der Waals surface area contributed by atoms with Gasteiger partial charge in [0.1, 0.15) is 5.00 Å². The van der Waals surface area contributed by atoms with Crippen LogP contribution in [0.15, 0.2) is 65.3 Å². The minimum atomic E-state index is -0.266. The van der Waals surface area contributed by atoms with E-state index in [0.717, 1.165) is 16.3 Å². The highest BCUT2D eigenvalue weighted by atomic mass is 32.1. The normalized spacial score (nSPS) is 16.9. The Morgan fingerprint density at radius 2 is 2.04 bits per heavy atom. The van der Waals surface area contributed by atoms with Crippen LogP contribution < -0.4 is 5.32 Å². The highest BCUT2D eigenvalue weighted by molar-refractivity contribution is 7.13. The fraction of sp³-hybridized carbons (Fsp3) is 0.111. The fourth-order valence-electron chi connectivity index (χ4n) is 3.03. The van der Waals surface area contributed by atoms with E-state index in [1.165, 1.54) is 11.3 Å². The van der Waals surface area contributed by atoms with Gasteiger partial charge in [-0.05, 0) is 29.1 Å². The monoisotopic (exact) mass is 337 g/mol. The van der Waals surface area contributed by atoms with Gasteiger partial charge in [0.05, 0.1) is 17.3 Å². The Balaban J connectivity index is 1.72. The molecule has 1 aliphatic heterocycles. The zero-order chi connectivity index (χ0) is 16.5. The number of aromatic nitrogens is 1. The molecule has 0 saturated carbocycles. The molecule has 3 heterocycles. The second kappa shape index (κ2) is 5.98. The quantitative estimate of drug-likeness (QED) is 0.436. The predicted molar refractivity (Wildman–Crippen MR) is 93.2 cm³/mol. The van der Waals surface area contributed by atoms with Crippen molar-refractivity contribution in [1.82, 2.24) is 9.88 Å². The summed E-state index contributed by atoms with van der Waals surface area (Å²) in [6.45, 7) is 0. The van der Waals surface area contributed by atoms with E-state index < -0.39 is 0 Å². The van der Waals surface area contributed by atoms with Crippen LogP contribution in [0.4, 0.5) is 0 Å². The maximum atomic E-state index is 12.5. The van der Waals surface area contributed by atoms with Gasteiger partial charge in [-0.25, -0.2) is 0 Å². The van der Waals surface area contributed by atoms with Gasteiger partial charge < -0.3 is 15.1 Å². The summed E-state index contributed by atoms with van der Waals surface area (Å²) in [6.07, 6.45) is 2.36. The molecule has 0 fully saturated rings. The molecule has 1 aliphatic rings. The first-order chi connectivity index (χ1) is 11.8. The van der Waals surface area contributed by atoms with Gasteiger partial charge in [-0.3, -0.25) is 4.79 Å². The van der Waals surface area contributed by atoms with Gasteiger partial charge in [0.25, 0.3) is 5.91 Å². The lowest BCUT2D eigenvalue weighted by molar-refractivity contribution is 0.0940. The third-order valence-corrected chi connectivity index (χ3v) is 5.09. The second-order valence-electron chi connectivity index (χ2n) is 5.59. The number of carbonyl (C=O) groups excluding carboxylic acids is 1. The van der Waals surface area contributed by atoms with Crippen molar-refractivity contribution in [2.45, 2.75) is 12.5 Å². The second-order valence-corrected chi connectivity index (χ2v) is 6.48. The molecule has 0 saturated heterocycles. The largest absolute Gasteiger partial charge is 0.411 e. The summed E-state index contributed by atoms with van der Waals surface area (Å²) in [4.78, 5) is 12.5. The lowest BCUT2D eigenvalue weighted by Crippen LogP contribution is -2.29. The van der Waals surface area contributed by atoms with Crippen LogP contribution in [0.1, 0.15) is 34.1 Å². The molecule has 4 rings (SSSR count). The van der Waals surface area contributed by atoms with Gasteiger partial charge in [-0.15, -0.1) is 11.3 Å². The molecule has 2 N–H and O–H groups in total. The summed E-state index contributed by atoms with van der Waals surface area (Å²) in [5.74, 6) is -0.106. The molecule has 24 heavy (non-hydrogen) atoms. The average Bonchev–Trinajstić information content (AvgIpc) is 3.26. The molecule has 0 aliphatic carbocycles. The number of benzene rings is 1. The Kier molecular flexibility index (Phi) is 3.66. The number of fused-ring (bicyclic) bond motifs is 3. The highest BCUT2D eigenvalue weighted by Gasteiger charge is 2.28. The Morgan fingerprint density at radius 1 is 1.21 bits per heavy atom. The first-order valence-electron chi connectivity index (χ1n) is 7.60. The van der Waals surface area contributed by atoms with Crippen molar-refractivity contribution in [2.24, 2.45) is 5.16 Å². The van der Waals surface area contributed by atoms with Crippen LogP contribution >= 0.6 is 11.3 Å². The van der Waals surface area contributed by atoms with E-state index in [0.29, 0.717) is 17.7 Å². The highest BCUT2D eigenvalue weighted by Crippen LogP contribution is 2.32. The topological polar surface area (TPSA) is 66.6 Å². The molecule has 3 aromatic rings. The van der Waals surface area contributed by atoms with E-state index in [4.69, 9.17) is 0 Å². The van der Waals surface area contributed by atoms with E-state index in [2.05, 4.69) is 10.5 Å². The van der Waals surface area contributed by atoms with E-state index in [-0.39, 0.29) is 11.9 Å². The molecule has 5 nitrogen and oxygen atoms in total. The zero-order valence-electron chi connectivity index (χ0n) is 12.7. The summed E-state index contributed by atoms with van der Waals surface area (Å²) in [5, 5.41) is 18.8. The number of carbonyl (C=O) groups is 1. The van der Waals surface area contributed by atoms with Crippen LogP contribution in [0.5, 0.6) is 0 Å². The molecular weight excluding hydrogens is 322 g/mol. The van der Waals surface area contributed by atoms with Crippen LogP contribution in [-0.4, -0.2) is 21.4 Å². The zero-order valence-corrected chi connectivity index (χ0v) is 13.5. The SMILES string of the molecule is O=C1NC(C/C(=N/O)c2ccccc2)c2cccn2-c2sccc21. The summed E-state index contributed by atoms with van der Waals surface area (Å²) in [6, 6.07) is 15.0. The van der Waals surface area contributed by atoms with E-state index in [9.17, 15) is 10.0 Å². The van der Waals surface area contributed by atoms with E-state index in [1.54, 1.807) is 0 Å². The van der Waals surface area contributed by atoms with E-state index >= 15 is 0 Å². The molecule has 1 aromatic carbocycles. The van der Waals surface area contributed by atoms with Crippen molar-refractivity contribution in [1.29, 1.82) is 0 Å². The molecule has 1 unspecified atom stereocenters. The molecule has 120 valence electrons. The maximum absolute atomic E-state index is 12.5. The molecule has 1 amide bonds. The Bertz CT molecular complexity index is 911. The van der Waals surface area contributed by atoms with Crippen molar-refractivity contribution in [3.05, 3.63) is 76.9 Å². The number of hydrogen-bond acceptors (Lipinski definition) is 4. The van der Waals surface area contributed by atoms with Gasteiger partial charge in [-0.2, -0.15) is 0 Å². The Labute approximate surface area is 142 Å². The Morgan fingerprint density at radius 3 is 2.83 bits per heavy atom. The third-order valence-electron chi connectivity index (χ3n) is 4.18. The number of nitrogens with zero attached hydrogens (tertiary/aromatic N) is 2. The van der Waals surface area contributed by atoms with Crippen LogP contribution in [0.3, 0.4) is 0 Å². The average molecular weight is 337 g/mol. The minimum Gasteiger partial charge on any atom is -0.411 e. The van der Waals surface area contributed by atoms with Gasteiger partial charge in [0.15, 0.2) is 0 Å². The Hall–Kier alpha value is -2.86. The predicted octanol–water partition coefficient (Wildman–Crippen LogP) is 3.59. The molecule has 0 bridgehead atoms. The number of thiophene rings is 1. The van der Waals surface area contributed by atoms with Gasteiger partial charge >= 0.3 is 0 Å². The van der Waals surface area contributed by atoms with Crippen LogP contribution in [0, 0.1) is 0 Å². The van der Waals surface area contributed by atoms with Crippen molar-refractivity contribution >= 4 is 23.0 Å². The van der Waals surface area contributed by atoms with Crippen molar-refractivity contribution < 1.29 is 10.0 Å². The number of hydrogen-bond donors (Lipinski definition) is 2. The molecule has 1 atom stereocenters. The lowest BCUT2D eigenvalue weighted by Gasteiger charge is -2.18. The fourth-order valence-corrected chi connectivity index (χ4v) is 3.93. The van der Waals surface area contributed by atoms with Crippen LogP contribution in [-0.2, 0) is 0 Å². The van der Waals surface area contributed by atoms with Crippen LogP contribution in [0.2, 0.25) is 0 Å². The van der Waals surface area contributed by atoms with Crippen molar-refractivity contribution in [2.75, 3.05) is 0 Å². The van der Waals surface area contributed by atoms with Gasteiger partial charge in [-0.1, -0.05) is 35.5 Å². The van der Waals surface area contributed by atoms with E-state index in [1.807, 2.05) is 64.7 Å². The first kappa shape index (κ1) is 14.7. The number of nitrogens with one attached hydrogen (secondary N) is 1. The smallest absolute Gasteiger partial charge is 0.254 e. The van der Waals surface area contributed by atoms with Gasteiger partial charge in [0.2, 0.25) is 0 Å². The van der Waals surface area contributed by atoms with Gasteiger partial charge in [0, 0.05) is 18.3 Å². The summed E-state index contributed by atoms with van der Waals surface area (Å²) < 4.78 is 2.03. The summed E-state index contributed by atoms with van der Waals surface area (Å²) in [7, 11) is 0. The van der Waals surface area contributed by atoms with Crippen molar-refractivity contribution in [3.63, 3.8) is 0 Å². The molecule has 0 radical (unpaired) electrons. The third kappa shape index (κ3) is 2.41. The lowest BCUT2D eigenvalue weighted by atomic mass is 10.0. The standard InChI is InChI=1S/C18H15N3O2S/c22-17-13-8-10-24-18(13)21-9-4-7-16(21)15(19-17)11-14(20-23)12-5-2-1-3-6-12/h1-10,15,23H,11H2,(H,19,22)/b20-14-. The van der Waals surface area contributed by atoms with Crippen molar-refractivity contribution in [3.8, 4) is 5.00 Å². The number of rotatable bonds is 3. The molecular formula is C18H15N3O2S. The molecule has 2 aromatic heterocycles. The summed E-state index contributed by atoms with van der Waals surface area (Å²) >= 11 is 1.54. The number of amides is 1. The molecule has 6 heteroatoms. The number of oxime groups is 1. The maximum Gasteiger partial charge on any atom is 0.254 e. The molecule has 0 spiro atoms. The summed E-state index contributed by atoms with van der Waals surface area (Å²) in [5.41, 5.74) is 3.02.